The SMILES string of the molecule is CC(CC(=O)Nc1sc2c(c1C(=O)O)CCN(C(=O)c1ccc(Cl)cc1)C2)CC(C)(C)C. The monoisotopic (exact) mass is 476 g/mol. The Balaban J connectivity index is 1.76. The van der Waals surface area contributed by atoms with Crippen LogP contribution in [0.1, 0.15) is 71.7 Å². The standard InChI is InChI=1S/C24H29ClN2O4S/c1-14(12-24(2,3)4)11-19(28)26-21-20(23(30)31)17-9-10-27(13-18(17)32-21)22(29)15-5-7-16(25)8-6-15/h5-8,14H,9-13H2,1-4H3,(H,26,28)(H,30,31). The molecule has 1 atom stereocenters. The zero-order valence-corrected chi connectivity index (χ0v) is 20.4. The number of carboxylic acid groups (broad SMARTS) is 1. The molecule has 2 amide bonds. The van der Waals surface area contributed by atoms with Crippen molar-refractivity contribution in [1.29, 1.82) is 0 Å². The van der Waals surface area contributed by atoms with Crippen molar-refractivity contribution in [2.45, 2.75) is 53.5 Å². The summed E-state index contributed by atoms with van der Waals surface area (Å²) in [4.78, 5) is 39.9. The molecule has 0 fully saturated rings. The van der Waals surface area contributed by atoms with E-state index in [1.807, 2.05) is 6.92 Å². The fraction of sp³-hybridized carbons (Fsp3) is 0.458. The summed E-state index contributed by atoms with van der Waals surface area (Å²) >= 11 is 7.16. The van der Waals surface area contributed by atoms with Crippen molar-refractivity contribution < 1.29 is 19.5 Å². The number of amides is 2. The number of fused-ring (bicyclic) bond motifs is 1. The predicted octanol–water partition coefficient (Wildman–Crippen LogP) is 5.70. The Labute approximate surface area is 197 Å². The maximum absolute atomic E-state index is 12.9. The van der Waals surface area contributed by atoms with Crippen LogP contribution in [0.3, 0.4) is 0 Å². The lowest BCUT2D eigenvalue weighted by molar-refractivity contribution is -0.117. The van der Waals surface area contributed by atoms with E-state index in [1.54, 1.807) is 29.2 Å². The van der Waals surface area contributed by atoms with Gasteiger partial charge in [0.05, 0.1) is 12.1 Å². The number of halogens is 1. The first-order chi connectivity index (χ1) is 14.9. The maximum atomic E-state index is 12.9. The second kappa shape index (κ2) is 9.63. The van der Waals surface area contributed by atoms with Crippen LogP contribution in [0.5, 0.6) is 0 Å². The lowest BCUT2D eigenvalue weighted by atomic mass is 9.84. The van der Waals surface area contributed by atoms with Crippen molar-refractivity contribution in [3.05, 3.63) is 50.9 Å². The minimum atomic E-state index is -1.06. The van der Waals surface area contributed by atoms with Crippen LogP contribution in [-0.4, -0.2) is 34.3 Å². The van der Waals surface area contributed by atoms with E-state index in [1.165, 1.54) is 11.3 Å². The van der Waals surface area contributed by atoms with Crippen molar-refractivity contribution in [2.24, 2.45) is 11.3 Å². The number of benzene rings is 1. The summed E-state index contributed by atoms with van der Waals surface area (Å²) in [6.45, 7) is 9.17. The normalized spacial score (nSPS) is 14.6. The van der Waals surface area contributed by atoms with Gasteiger partial charge in [0.2, 0.25) is 5.91 Å². The van der Waals surface area contributed by atoms with E-state index in [9.17, 15) is 19.5 Å². The molecule has 8 heteroatoms. The van der Waals surface area contributed by atoms with Crippen LogP contribution >= 0.6 is 22.9 Å². The van der Waals surface area contributed by atoms with Gasteiger partial charge < -0.3 is 15.3 Å². The summed E-state index contributed by atoms with van der Waals surface area (Å²) in [6.07, 6.45) is 1.66. The Hall–Kier alpha value is -2.38. The minimum Gasteiger partial charge on any atom is -0.478 e. The lowest BCUT2D eigenvalue weighted by Gasteiger charge is -2.27. The van der Waals surface area contributed by atoms with Crippen LogP contribution in [0.4, 0.5) is 5.00 Å². The number of carboxylic acids is 1. The third-order valence-corrected chi connectivity index (χ3v) is 6.78. The fourth-order valence-corrected chi connectivity index (χ4v) is 5.68. The third kappa shape index (κ3) is 5.90. The zero-order chi connectivity index (χ0) is 23.6. The van der Waals surface area contributed by atoms with E-state index < -0.39 is 5.97 Å². The molecule has 1 unspecified atom stereocenters. The van der Waals surface area contributed by atoms with Crippen molar-refractivity contribution >= 4 is 45.7 Å². The van der Waals surface area contributed by atoms with Gasteiger partial charge in [0.1, 0.15) is 5.00 Å². The van der Waals surface area contributed by atoms with Crippen LogP contribution in [0.2, 0.25) is 5.02 Å². The average Bonchev–Trinajstić information content (AvgIpc) is 3.03. The number of aromatic carboxylic acids is 1. The van der Waals surface area contributed by atoms with Gasteiger partial charge in [-0.1, -0.05) is 39.3 Å². The van der Waals surface area contributed by atoms with E-state index in [4.69, 9.17) is 11.6 Å². The molecule has 32 heavy (non-hydrogen) atoms. The number of carbonyl (C=O) groups is 3. The molecule has 0 spiro atoms. The molecule has 0 aliphatic carbocycles. The molecule has 0 saturated heterocycles. The highest BCUT2D eigenvalue weighted by atomic mass is 35.5. The molecular weight excluding hydrogens is 448 g/mol. The molecule has 0 bridgehead atoms. The van der Waals surface area contributed by atoms with E-state index in [2.05, 4.69) is 26.1 Å². The van der Waals surface area contributed by atoms with E-state index in [0.29, 0.717) is 47.1 Å². The van der Waals surface area contributed by atoms with E-state index in [0.717, 1.165) is 11.3 Å². The van der Waals surface area contributed by atoms with E-state index in [-0.39, 0.29) is 28.7 Å². The Bertz CT molecular complexity index is 1020. The molecule has 3 rings (SSSR count). The molecule has 1 aliphatic rings. The number of hydrogen-bond donors (Lipinski definition) is 2. The molecule has 172 valence electrons. The predicted molar refractivity (Wildman–Crippen MR) is 128 cm³/mol. The van der Waals surface area contributed by atoms with Gasteiger partial charge >= 0.3 is 5.97 Å². The van der Waals surface area contributed by atoms with Crippen molar-refractivity contribution in [2.75, 3.05) is 11.9 Å². The highest BCUT2D eigenvalue weighted by Crippen LogP contribution is 2.38. The van der Waals surface area contributed by atoms with Crippen LogP contribution in [0.25, 0.3) is 0 Å². The number of anilines is 1. The third-order valence-electron chi connectivity index (χ3n) is 5.40. The second-order valence-electron chi connectivity index (χ2n) is 9.62. The molecule has 1 aliphatic heterocycles. The quantitative estimate of drug-likeness (QED) is 0.559. The van der Waals surface area contributed by atoms with Gasteiger partial charge in [-0.05, 0) is 54.0 Å². The Kier molecular flexibility index (Phi) is 7.30. The molecule has 1 aromatic heterocycles. The first-order valence-corrected chi connectivity index (χ1v) is 11.9. The summed E-state index contributed by atoms with van der Waals surface area (Å²) in [5.41, 5.74) is 1.52. The molecule has 1 aromatic carbocycles. The Morgan fingerprint density at radius 1 is 1.22 bits per heavy atom. The highest BCUT2D eigenvalue weighted by Gasteiger charge is 2.31. The molecule has 0 radical (unpaired) electrons. The summed E-state index contributed by atoms with van der Waals surface area (Å²) < 4.78 is 0. The molecular formula is C24H29ClN2O4S. The van der Waals surface area contributed by atoms with E-state index >= 15 is 0 Å². The molecule has 2 aromatic rings. The van der Waals surface area contributed by atoms with Crippen LogP contribution < -0.4 is 5.32 Å². The zero-order valence-electron chi connectivity index (χ0n) is 18.8. The van der Waals surface area contributed by atoms with Gasteiger partial charge in [-0.3, -0.25) is 9.59 Å². The van der Waals surface area contributed by atoms with Gasteiger partial charge in [0.25, 0.3) is 5.91 Å². The first-order valence-electron chi connectivity index (χ1n) is 10.7. The van der Waals surface area contributed by atoms with Gasteiger partial charge in [-0.2, -0.15) is 0 Å². The van der Waals surface area contributed by atoms with Crippen LogP contribution in [0, 0.1) is 11.3 Å². The number of nitrogens with one attached hydrogen (secondary N) is 1. The van der Waals surface area contributed by atoms with Crippen molar-refractivity contribution in [3.8, 4) is 0 Å². The summed E-state index contributed by atoms with van der Waals surface area (Å²) in [6, 6.07) is 6.71. The molecule has 2 N–H and O–H groups in total. The van der Waals surface area contributed by atoms with Crippen LogP contribution in [-0.2, 0) is 17.8 Å². The fourth-order valence-electron chi connectivity index (χ4n) is 4.28. The lowest BCUT2D eigenvalue weighted by Crippen LogP contribution is -2.35. The summed E-state index contributed by atoms with van der Waals surface area (Å²) in [7, 11) is 0. The number of rotatable bonds is 6. The number of thiophene rings is 1. The number of carbonyl (C=O) groups excluding carboxylic acids is 2. The smallest absolute Gasteiger partial charge is 0.339 e. The Morgan fingerprint density at radius 3 is 2.47 bits per heavy atom. The van der Waals surface area contributed by atoms with Crippen molar-refractivity contribution in [1.82, 2.24) is 4.90 Å². The molecule has 6 nitrogen and oxygen atoms in total. The maximum Gasteiger partial charge on any atom is 0.339 e. The minimum absolute atomic E-state index is 0.119. The topological polar surface area (TPSA) is 86.7 Å². The molecule has 2 heterocycles. The highest BCUT2D eigenvalue weighted by molar-refractivity contribution is 7.17. The first kappa shape index (κ1) is 24.3. The van der Waals surface area contributed by atoms with Gasteiger partial charge in [0.15, 0.2) is 0 Å². The van der Waals surface area contributed by atoms with Gasteiger partial charge in [0, 0.05) is 28.4 Å². The number of nitrogens with zero attached hydrogens (tertiary/aromatic N) is 1. The van der Waals surface area contributed by atoms with Crippen molar-refractivity contribution in [3.63, 3.8) is 0 Å². The summed E-state index contributed by atoms with van der Waals surface area (Å²) in [5, 5.41) is 13.5. The van der Waals surface area contributed by atoms with Crippen LogP contribution in [0.15, 0.2) is 24.3 Å². The van der Waals surface area contributed by atoms with Gasteiger partial charge in [-0.25, -0.2) is 4.79 Å². The average molecular weight is 477 g/mol. The Morgan fingerprint density at radius 2 is 1.88 bits per heavy atom. The summed E-state index contributed by atoms with van der Waals surface area (Å²) in [5.74, 6) is -1.18. The van der Waals surface area contributed by atoms with Gasteiger partial charge in [-0.15, -0.1) is 11.3 Å². The number of hydrogen-bond acceptors (Lipinski definition) is 4. The molecule has 0 saturated carbocycles. The second-order valence-corrected chi connectivity index (χ2v) is 11.2. The largest absolute Gasteiger partial charge is 0.478 e.